The Labute approximate surface area is 108 Å². The molecule has 2 aromatic heterocycles. The minimum Gasteiger partial charge on any atom is -0.324 e. The molecule has 0 aliphatic rings. The van der Waals surface area contributed by atoms with Crippen LogP contribution >= 0.6 is 0 Å². The molecule has 0 spiro atoms. The van der Waals surface area contributed by atoms with E-state index in [0.717, 1.165) is 29.8 Å². The number of nitrogens with two attached hydrogens (primary N) is 1. The normalized spacial score (nSPS) is 12.7. The second-order valence-corrected chi connectivity index (χ2v) is 4.64. The number of hydrogen-bond donors (Lipinski definition) is 1. The summed E-state index contributed by atoms with van der Waals surface area (Å²) in [5, 5.41) is 4.45. The maximum Gasteiger partial charge on any atom is 0.0596 e. The minimum atomic E-state index is -0.00519. The molecule has 2 heterocycles. The van der Waals surface area contributed by atoms with Crippen molar-refractivity contribution in [1.82, 2.24) is 14.8 Å². The number of pyridine rings is 1. The van der Waals surface area contributed by atoms with Gasteiger partial charge < -0.3 is 5.73 Å². The van der Waals surface area contributed by atoms with Crippen LogP contribution in [0.15, 0.2) is 24.5 Å². The van der Waals surface area contributed by atoms with Crippen molar-refractivity contribution >= 4 is 0 Å². The molecular weight excluding hydrogens is 224 g/mol. The molecule has 0 amide bonds. The number of aromatic nitrogens is 3. The first kappa shape index (κ1) is 12.8. The molecule has 0 bridgehead atoms. The van der Waals surface area contributed by atoms with E-state index in [1.54, 1.807) is 6.20 Å². The standard InChI is InChI=1S/C14H20N4/c1-4-18-12(7-11(3)17-18)8-14(15)13-5-6-16-9-10(13)2/h5-7,9,14H,4,8,15H2,1-3H3. The molecule has 1 unspecified atom stereocenters. The average Bonchev–Trinajstić information content (AvgIpc) is 2.70. The Kier molecular flexibility index (Phi) is 3.77. The van der Waals surface area contributed by atoms with E-state index in [1.165, 1.54) is 5.69 Å². The van der Waals surface area contributed by atoms with Crippen molar-refractivity contribution in [3.05, 3.63) is 47.0 Å². The van der Waals surface area contributed by atoms with Crippen molar-refractivity contribution in [2.75, 3.05) is 0 Å². The fourth-order valence-corrected chi connectivity index (χ4v) is 2.27. The van der Waals surface area contributed by atoms with Crippen LogP contribution in [0.2, 0.25) is 0 Å². The van der Waals surface area contributed by atoms with E-state index in [4.69, 9.17) is 5.73 Å². The van der Waals surface area contributed by atoms with Gasteiger partial charge in [0.05, 0.1) is 5.69 Å². The number of aryl methyl sites for hydroxylation is 3. The smallest absolute Gasteiger partial charge is 0.0596 e. The van der Waals surface area contributed by atoms with Crippen LogP contribution in [-0.2, 0) is 13.0 Å². The molecule has 4 nitrogen and oxygen atoms in total. The molecule has 0 saturated carbocycles. The summed E-state index contributed by atoms with van der Waals surface area (Å²) in [5.74, 6) is 0. The molecule has 0 aromatic carbocycles. The predicted octanol–water partition coefficient (Wildman–Crippen LogP) is 2.16. The molecule has 0 fully saturated rings. The van der Waals surface area contributed by atoms with E-state index in [-0.39, 0.29) is 6.04 Å². The van der Waals surface area contributed by atoms with Gasteiger partial charge >= 0.3 is 0 Å². The quantitative estimate of drug-likeness (QED) is 0.896. The summed E-state index contributed by atoms with van der Waals surface area (Å²) in [6, 6.07) is 4.11. The first-order chi connectivity index (χ1) is 8.61. The predicted molar refractivity (Wildman–Crippen MR) is 72.2 cm³/mol. The van der Waals surface area contributed by atoms with Crippen LogP contribution in [0.5, 0.6) is 0 Å². The lowest BCUT2D eigenvalue weighted by molar-refractivity contribution is 0.586. The Balaban J connectivity index is 2.21. The molecule has 0 aliphatic carbocycles. The number of rotatable bonds is 4. The van der Waals surface area contributed by atoms with E-state index < -0.39 is 0 Å². The second kappa shape index (κ2) is 5.31. The molecule has 4 heteroatoms. The monoisotopic (exact) mass is 244 g/mol. The van der Waals surface area contributed by atoms with Crippen LogP contribution in [0.4, 0.5) is 0 Å². The van der Waals surface area contributed by atoms with Crippen molar-refractivity contribution in [3.8, 4) is 0 Å². The Hall–Kier alpha value is -1.68. The zero-order valence-corrected chi connectivity index (χ0v) is 11.2. The summed E-state index contributed by atoms with van der Waals surface area (Å²) >= 11 is 0. The minimum absolute atomic E-state index is 0.00519. The van der Waals surface area contributed by atoms with Gasteiger partial charge in [-0.3, -0.25) is 9.67 Å². The second-order valence-electron chi connectivity index (χ2n) is 4.64. The fourth-order valence-electron chi connectivity index (χ4n) is 2.27. The van der Waals surface area contributed by atoms with Crippen molar-refractivity contribution in [3.63, 3.8) is 0 Å². The Morgan fingerprint density at radius 3 is 2.83 bits per heavy atom. The van der Waals surface area contributed by atoms with Crippen molar-refractivity contribution in [1.29, 1.82) is 0 Å². The van der Waals surface area contributed by atoms with Gasteiger partial charge in [-0.25, -0.2) is 0 Å². The lowest BCUT2D eigenvalue weighted by atomic mass is 10.00. The van der Waals surface area contributed by atoms with Gasteiger partial charge in [0, 0.05) is 37.1 Å². The molecule has 0 radical (unpaired) electrons. The summed E-state index contributed by atoms with van der Waals surface area (Å²) in [6.45, 7) is 7.04. The van der Waals surface area contributed by atoms with E-state index in [1.807, 2.05) is 30.8 Å². The summed E-state index contributed by atoms with van der Waals surface area (Å²) in [7, 11) is 0. The molecule has 2 aromatic rings. The van der Waals surface area contributed by atoms with Gasteiger partial charge in [-0.2, -0.15) is 5.10 Å². The van der Waals surface area contributed by atoms with E-state index >= 15 is 0 Å². The Bertz CT molecular complexity index is 530. The van der Waals surface area contributed by atoms with Crippen LogP contribution in [0.1, 0.15) is 35.5 Å². The van der Waals surface area contributed by atoms with Crippen LogP contribution < -0.4 is 5.73 Å². The topological polar surface area (TPSA) is 56.7 Å². The maximum atomic E-state index is 6.29. The highest BCUT2D eigenvalue weighted by Crippen LogP contribution is 2.19. The average molecular weight is 244 g/mol. The third kappa shape index (κ3) is 2.59. The summed E-state index contributed by atoms with van der Waals surface area (Å²) in [6.07, 6.45) is 4.46. The zero-order valence-electron chi connectivity index (χ0n) is 11.2. The van der Waals surface area contributed by atoms with Gasteiger partial charge in [0.1, 0.15) is 0 Å². The van der Waals surface area contributed by atoms with Gasteiger partial charge in [0.15, 0.2) is 0 Å². The van der Waals surface area contributed by atoms with Gasteiger partial charge in [0.25, 0.3) is 0 Å². The SMILES string of the molecule is CCn1nc(C)cc1CC(N)c1ccncc1C. The molecule has 0 saturated heterocycles. The Morgan fingerprint density at radius 1 is 1.39 bits per heavy atom. The first-order valence-electron chi connectivity index (χ1n) is 6.31. The molecular formula is C14H20N4. The lowest BCUT2D eigenvalue weighted by Crippen LogP contribution is -2.17. The molecule has 2 rings (SSSR count). The molecule has 2 N–H and O–H groups in total. The van der Waals surface area contributed by atoms with Crippen molar-refractivity contribution in [2.24, 2.45) is 5.73 Å². The zero-order chi connectivity index (χ0) is 13.1. The summed E-state index contributed by atoms with van der Waals surface area (Å²) in [5.41, 5.74) is 10.8. The number of hydrogen-bond acceptors (Lipinski definition) is 3. The fraction of sp³-hybridized carbons (Fsp3) is 0.429. The Morgan fingerprint density at radius 2 is 2.17 bits per heavy atom. The van der Waals surface area contributed by atoms with E-state index in [0.29, 0.717) is 0 Å². The molecule has 1 atom stereocenters. The number of nitrogens with zero attached hydrogens (tertiary/aromatic N) is 3. The lowest BCUT2D eigenvalue weighted by Gasteiger charge is -2.14. The van der Waals surface area contributed by atoms with Crippen molar-refractivity contribution < 1.29 is 0 Å². The van der Waals surface area contributed by atoms with Gasteiger partial charge in [-0.1, -0.05) is 0 Å². The largest absolute Gasteiger partial charge is 0.324 e. The van der Waals surface area contributed by atoms with Gasteiger partial charge in [0.2, 0.25) is 0 Å². The van der Waals surface area contributed by atoms with Crippen LogP contribution in [-0.4, -0.2) is 14.8 Å². The van der Waals surface area contributed by atoms with Crippen LogP contribution in [0, 0.1) is 13.8 Å². The summed E-state index contributed by atoms with van der Waals surface area (Å²) < 4.78 is 2.02. The summed E-state index contributed by atoms with van der Waals surface area (Å²) in [4.78, 5) is 4.10. The highest BCUT2D eigenvalue weighted by atomic mass is 15.3. The van der Waals surface area contributed by atoms with E-state index in [9.17, 15) is 0 Å². The molecule has 18 heavy (non-hydrogen) atoms. The van der Waals surface area contributed by atoms with Crippen molar-refractivity contribution in [2.45, 2.75) is 39.8 Å². The third-order valence-corrected chi connectivity index (χ3v) is 3.18. The van der Waals surface area contributed by atoms with Crippen LogP contribution in [0.3, 0.4) is 0 Å². The highest BCUT2D eigenvalue weighted by Gasteiger charge is 2.13. The molecule has 0 aliphatic heterocycles. The van der Waals surface area contributed by atoms with Gasteiger partial charge in [-0.15, -0.1) is 0 Å². The first-order valence-corrected chi connectivity index (χ1v) is 6.31. The van der Waals surface area contributed by atoms with E-state index in [2.05, 4.69) is 23.1 Å². The maximum absolute atomic E-state index is 6.29. The van der Waals surface area contributed by atoms with Gasteiger partial charge in [-0.05, 0) is 44.0 Å². The molecule has 96 valence electrons. The highest BCUT2D eigenvalue weighted by molar-refractivity contribution is 5.26. The van der Waals surface area contributed by atoms with Crippen LogP contribution in [0.25, 0.3) is 0 Å². The third-order valence-electron chi connectivity index (χ3n) is 3.18.